The van der Waals surface area contributed by atoms with Gasteiger partial charge in [-0.25, -0.2) is 4.79 Å². The summed E-state index contributed by atoms with van der Waals surface area (Å²) < 4.78 is 45.5. The second kappa shape index (κ2) is 5.39. The molecule has 0 spiro atoms. The lowest BCUT2D eigenvalue weighted by Gasteiger charge is -2.12. The van der Waals surface area contributed by atoms with Crippen molar-refractivity contribution in [2.24, 2.45) is 0 Å². The molecule has 0 amide bonds. The van der Waals surface area contributed by atoms with Crippen LogP contribution >= 0.6 is 15.9 Å². The fourth-order valence-electron chi connectivity index (χ4n) is 1.05. The number of hydrogen-bond donors (Lipinski definition) is 0. The van der Waals surface area contributed by atoms with Gasteiger partial charge in [0.15, 0.2) is 6.61 Å². The molecule has 0 bridgehead atoms. The topological polar surface area (TPSA) is 35.5 Å². The average molecular weight is 313 g/mol. The van der Waals surface area contributed by atoms with Gasteiger partial charge in [0, 0.05) is 4.47 Å². The molecule has 0 saturated carbocycles. The van der Waals surface area contributed by atoms with Crippen molar-refractivity contribution in [1.82, 2.24) is 0 Å². The zero-order valence-corrected chi connectivity index (χ0v) is 10.3. The highest BCUT2D eigenvalue weighted by Gasteiger charge is 2.29. The largest absolute Gasteiger partial charge is 0.483 e. The third-order valence-corrected chi connectivity index (χ3v) is 2.23. The molecular formula is C10H8BrF3O3. The van der Waals surface area contributed by atoms with Gasteiger partial charge < -0.3 is 9.47 Å². The summed E-state index contributed by atoms with van der Waals surface area (Å²) in [5, 5.41) is 0. The SMILES string of the molecule is COC(=O)c1ccc(Br)cc1OCC(F)(F)F. The predicted octanol–water partition coefficient (Wildman–Crippen LogP) is 3.18. The van der Waals surface area contributed by atoms with Crippen molar-refractivity contribution in [3.8, 4) is 5.75 Å². The molecule has 0 radical (unpaired) electrons. The van der Waals surface area contributed by atoms with E-state index in [0.717, 1.165) is 7.11 Å². The van der Waals surface area contributed by atoms with Gasteiger partial charge in [-0.3, -0.25) is 0 Å². The molecule has 94 valence electrons. The molecule has 0 aromatic heterocycles. The Balaban J connectivity index is 2.95. The molecule has 0 N–H and O–H groups in total. The first-order valence-corrected chi connectivity index (χ1v) is 5.20. The van der Waals surface area contributed by atoms with E-state index < -0.39 is 18.8 Å². The Bertz CT molecular complexity index is 418. The molecule has 7 heteroatoms. The lowest BCUT2D eigenvalue weighted by atomic mass is 10.2. The van der Waals surface area contributed by atoms with Crippen molar-refractivity contribution in [1.29, 1.82) is 0 Å². The van der Waals surface area contributed by atoms with Crippen molar-refractivity contribution in [2.75, 3.05) is 13.7 Å². The fraction of sp³-hybridized carbons (Fsp3) is 0.300. The predicted molar refractivity (Wildman–Crippen MR) is 57.0 cm³/mol. The Hall–Kier alpha value is -1.24. The van der Waals surface area contributed by atoms with Crippen LogP contribution in [0.2, 0.25) is 0 Å². The van der Waals surface area contributed by atoms with E-state index in [4.69, 9.17) is 0 Å². The van der Waals surface area contributed by atoms with Crippen LogP contribution in [0.1, 0.15) is 10.4 Å². The van der Waals surface area contributed by atoms with Gasteiger partial charge in [-0.2, -0.15) is 13.2 Å². The lowest BCUT2D eigenvalue weighted by Crippen LogP contribution is -2.20. The number of hydrogen-bond acceptors (Lipinski definition) is 3. The van der Waals surface area contributed by atoms with Crippen LogP contribution < -0.4 is 4.74 Å². The molecule has 1 aromatic carbocycles. The highest BCUT2D eigenvalue weighted by Crippen LogP contribution is 2.26. The molecule has 0 atom stereocenters. The van der Waals surface area contributed by atoms with Crippen molar-refractivity contribution in [2.45, 2.75) is 6.18 Å². The molecule has 0 aliphatic carbocycles. The molecule has 0 aliphatic rings. The van der Waals surface area contributed by atoms with Gasteiger partial charge in [0.25, 0.3) is 0 Å². The van der Waals surface area contributed by atoms with Crippen molar-refractivity contribution in [3.05, 3.63) is 28.2 Å². The van der Waals surface area contributed by atoms with Crippen molar-refractivity contribution in [3.63, 3.8) is 0 Å². The summed E-state index contributed by atoms with van der Waals surface area (Å²) in [6, 6.07) is 4.10. The third kappa shape index (κ3) is 4.26. The first-order chi connectivity index (χ1) is 7.83. The number of methoxy groups -OCH3 is 1. The first kappa shape index (κ1) is 13.8. The van der Waals surface area contributed by atoms with Crippen LogP contribution in [0.4, 0.5) is 13.2 Å². The number of halogens is 4. The van der Waals surface area contributed by atoms with Crippen LogP contribution in [0.3, 0.4) is 0 Å². The van der Waals surface area contributed by atoms with E-state index >= 15 is 0 Å². The maximum atomic E-state index is 12.0. The molecular weight excluding hydrogens is 305 g/mol. The smallest absolute Gasteiger partial charge is 0.422 e. The van der Waals surface area contributed by atoms with Crippen LogP contribution in [0, 0.1) is 0 Å². The van der Waals surface area contributed by atoms with E-state index in [2.05, 4.69) is 25.4 Å². The molecule has 0 fully saturated rings. The monoisotopic (exact) mass is 312 g/mol. The summed E-state index contributed by atoms with van der Waals surface area (Å²) in [5.74, 6) is -0.932. The van der Waals surface area contributed by atoms with Gasteiger partial charge in [-0.15, -0.1) is 0 Å². The molecule has 0 unspecified atom stereocenters. The second-order valence-electron chi connectivity index (χ2n) is 3.04. The summed E-state index contributed by atoms with van der Waals surface area (Å²) in [6.45, 7) is -1.46. The van der Waals surface area contributed by atoms with Gasteiger partial charge >= 0.3 is 12.1 Å². The van der Waals surface area contributed by atoms with Crippen molar-refractivity contribution < 1.29 is 27.4 Å². The van der Waals surface area contributed by atoms with Gasteiger partial charge in [-0.1, -0.05) is 15.9 Å². The normalized spacial score (nSPS) is 11.1. The quantitative estimate of drug-likeness (QED) is 0.804. The molecule has 1 aromatic rings. The molecule has 0 aliphatic heterocycles. The Labute approximate surface area is 104 Å². The van der Waals surface area contributed by atoms with Crippen LogP contribution in [0.15, 0.2) is 22.7 Å². The summed E-state index contributed by atoms with van der Waals surface area (Å²) in [4.78, 5) is 11.3. The minimum Gasteiger partial charge on any atom is -0.483 e. The number of alkyl halides is 3. The summed E-state index contributed by atoms with van der Waals surface area (Å²) in [7, 11) is 1.14. The molecule has 1 rings (SSSR count). The number of ether oxygens (including phenoxy) is 2. The molecule has 0 saturated heterocycles. The summed E-state index contributed by atoms with van der Waals surface area (Å²) in [6.07, 6.45) is -4.46. The van der Waals surface area contributed by atoms with Gasteiger partial charge in [0.05, 0.1) is 7.11 Å². The van der Waals surface area contributed by atoms with E-state index in [9.17, 15) is 18.0 Å². The van der Waals surface area contributed by atoms with Gasteiger partial charge in [0.2, 0.25) is 0 Å². The van der Waals surface area contributed by atoms with E-state index in [1.165, 1.54) is 18.2 Å². The number of esters is 1. The second-order valence-corrected chi connectivity index (χ2v) is 3.95. The third-order valence-electron chi connectivity index (χ3n) is 1.74. The Kier molecular flexibility index (Phi) is 4.39. The fourth-order valence-corrected chi connectivity index (χ4v) is 1.39. The van der Waals surface area contributed by atoms with E-state index in [1.807, 2.05) is 0 Å². The Morgan fingerprint density at radius 1 is 1.41 bits per heavy atom. The number of rotatable bonds is 3. The Morgan fingerprint density at radius 3 is 2.59 bits per heavy atom. The maximum Gasteiger partial charge on any atom is 0.422 e. The first-order valence-electron chi connectivity index (χ1n) is 4.41. The van der Waals surface area contributed by atoms with Crippen LogP contribution in [-0.4, -0.2) is 25.9 Å². The lowest BCUT2D eigenvalue weighted by molar-refractivity contribution is -0.153. The highest BCUT2D eigenvalue weighted by atomic mass is 79.9. The van der Waals surface area contributed by atoms with Crippen LogP contribution in [0.5, 0.6) is 5.75 Å². The van der Waals surface area contributed by atoms with Gasteiger partial charge in [-0.05, 0) is 18.2 Å². The summed E-state index contributed by atoms with van der Waals surface area (Å²) in [5.41, 5.74) is -0.0556. The Morgan fingerprint density at radius 2 is 2.06 bits per heavy atom. The zero-order valence-electron chi connectivity index (χ0n) is 8.68. The van der Waals surface area contributed by atoms with Crippen LogP contribution in [-0.2, 0) is 4.74 Å². The highest BCUT2D eigenvalue weighted by molar-refractivity contribution is 9.10. The van der Waals surface area contributed by atoms with E-state index in [-0.39, 0.29) is 11.3 Å². The molecule has 0 heterocycles. The van der Waals surface area contributed by atoms with E-state index in [0.29, 0.717) is 4.47 Å². The zero-order chi connectivity index (χ0) is 13.1. The van der Waals surface area contributed by atoms with Gasteiger partial charge in [0.1, 0.15) is 11.3 Å². The molecule has 3 nitrogen and oxygen atoms in total. The molecule has 17 heavy (non-hydrogen) atoms. The average Bonchev–Trinajstić information content (AvgIpc) is 2.24. The maximum absolute atomic E-state index is 12.0. The van der Waals surface area contributed by atoms with E-state index in [1.54, 1.807) is 0 Å². The number of carbonyl (C=O) groups excluding carboxylic acids is 1. The van der Waals surface area contributed by atoms with Crippen molar-refractivity contribution >= 4 is 21.9 Å². The minimum absolute atomic E-state index is 0.0556. The number of benzene rings is 1. The standard InChI is InChI=1S/C10H8BrF3O3/c1-16-9(15)7-3-2-6(11)4-8(7)17-5-10(12,13)14/h2-4H,5H2,1H3. The van der Waals surface area contributed by atoms with Crippen LogP contribution in [0.25, 0.3) is 0 Å². The summed E-state index contributed by atoms with van der Waals surface area (Å²) >= 11 is 3.07. The minimum atomic E-state index is -4.46. The number of carbonyl (C=O) groups is 1.